The minimum atomic E-state index is -0.980. The number of nitrogens with one attached hydrogen (secondary N) is 1. The second-order valence-corrected chi connectivity index (χ2v) is 8.35. The van der Waals surface area contributed by atoms with Crippen LogP contribution in [0.2, 0.25) is 0 Å². The number of carbonyl (C=O) groups is 2. The normalized spacial score (nSPS) is 11.3. The molecule has 0 aliphatic rings. The van der Waals surface area contributed by atoms with E-state index in [1.807, 2.05) is 35.0 Å². The number of furan rings is 1. The Balaban J connectivity index is 1.50. The Bertz CT molecular complexity index is 1290. The maximum Gasteiger partial charge on any atom is 0.335 e. The molecule has 150 valence electrons. The first-order valence-corrected chi connectivity index (χ1v) is 10.5. The van der Waals surface area contributed by atoms with Gasteiger partial charge in [-0.2, -0.15) is 5.10 Å². The number of carboxylic acid groups (broad SMARTS) is 1. The van der Waals surface area contributed by atoms with Crippen molar-refractivity contribution in [3.05, 3.63) is 85.9 Å². The zero-order valence-corrected chi connectivity index (χ0v) is 18.9. The molecule has 0 unspecified atom stereocenters. The fourth-order valence-corrected chi connectivity index (χ4v) is 4.56. The van der Waals surface area contributed by atoms with E-state index < -0.39 is 11.9 Å². The number of amides is 1. The minimum Gasteiger partial charge on any atom is -0.478 e. The van der Waals surface area contributed by atoms with Crippen LogP contribution >= 0.6 is 38.5 Å². The summed E-state index contributed by atoms with van der Waals surface area (Å²) in [6.07, 6.45) is 3.32. The van der Waals surface area contributed by atoms with Gasteiger partial charge in [0.25, 0.3) is 0 Å². The van der Waals surface area contributed by atoms with Gasteiger partial charge in [0.05, 0.1) is 21.0 Å². The van der Waals surface area contributed by atoms with E-state index in [4.69, 9.17) is 9.52 Å². The Hall–Kier alpha value is -2.92. The number of aromatic carboxylic acids is 1. The van der Waals surface area contributed by atoms with Gasteiger partial charge in [0.2, 0.25) is 0 Å². The van der Waals surface area contributed by atoms with E-state index in [1.54, 1.807) is 18.2 Å². The zero-order valence-electron chi connectivity index (χ0n) is 15.2. The summed E-state index contributed by atoms with van der Waals surface area (Å²) in [7, 11) is 0. The highest BCUT2D eigenvalue weighted by Crippen LogP contribution is 2.28. The van der Waals surface area contributed by atoms with E-state index in [0.29, 0.717) is 11.3 Å². The summed E-state index contributed by atoms with van der Waals surface area (Å²) in [5, 5.41) is 13.9. The van der Waals surface area contributed by atoms with Crippen LogP contribution in [-0.2, 0) is 0 Å². The van der Waals surface area contributed by atoms with Gasteiger partial charge in [0.15, 0.2) is 5.76 Å². The van der Waals surface area contributed by atoms with Crippen LogP contribution in [0.25, 0.3) is 16.7 Å². The van der Waals surface area contributed by atoms with Crippen molar-refractivity contribution in [1.29, 1.82) is 0 Å². The standard InChI is InChI=1S/C21H13BrIN3O4/c22-14-8-13-9-18(30-19(13)17(23)10-14)20(27)25-24-11-16-2-1-7-26(16)15-5-3-12(4-6-15)21(28)29/h1-11H,(H,25,27)(H,28,29). The molecule has 2 heterocycles. The van der Waals surface area contributed by atoms with E-state index in [1.165, 1.54) is 18.3 Å². The minimum absolute atomic E-state index is 0.165. The molecule has 0 fully saturated rings. The van der Waals surface area contributed by atoms with E-state index >= 15 is 0 Å². The Morgan fingerprint density at radius 3 is 2.67 bits per heavy atom. The number of hydrogen-bond donors (Lipinski definition) is 2. The summed E-state index contributed by atoms with van der Waals surface area (Å²) in [6, 6.07) is 15.6. The predicted molar refractivity (Wildman–Crippen MR) is 124 cm³/mol. The molecule has 0 spiro atoms. The Morgan fingerprint density at radius 1 is 1.17 bits per heavy atom. The summed E-state index contributed by atoms with van der Waals surface area (Å²) in [5.74, 6) is -1.28. The number of nitrogens with zero attached hydrogens (tertiary/aromatic N) is 2. The van der Waals surface area contributed by atoms with Gasteiger partial charge in [-0.25, -0.2) is 10.2 Å². The summed E-state index contributed by atoms with van der Waals surface area (Å²) in [4.78, 5) is 23.4. The first-order chi connectivity index (χ1) is 14.4. The van der Waals surface area contributed by atoms with Crippen LogP contribution in [0.3, 0.4) is 0 Å². The lowest BCUT2D eigenvalue weighted by molar-refractivity contribution is 0.0696. The number of hydrogen-bond acceptors (Lipinski definition) is 4. The van der Waals surface area contributed by atoms with Gasteiger partial charge in [-0.05, 0) is 77.2 Å². The highest BCUT2D eigenvalue weighted by atomic mass is 127. The summed E-state index contributed by atoms with van der Waals surface area (Å²) >= 11 is 5.58. The van der Waals surface area contributed by atoms with Gasteiger partial charge in [0, 0.05) is 21.7 Å². The van der Waals surface area contributed by atoms with E-state index in [-0.39, 0.29) is 11.3 Å². The van der Waals surface area contributed by atoms with Crippen LogP contribution in [0.15, 0.2) is 74.8 Å². The first kappa shape index (κ1) is 20.4. The maximum absolute atomic E-state index is 12.4. The second kappa shape index (κ2) is 8.44. The number of aromatic nitrogens is 1. The topological polar surface area (TPSA) is 96.8 Å². The number of fused-ring (bicyclic) bond motifs is 1. The molecule has 2 aromatic heterocycles. The molecule has 30 heavy (non-hydrogen) atoms. The molecule has 0 saturated heterocycles. The van der Waals surface area contributed by atoms with Crippen LogP contribution in [0.4, 0.5) is 0 Å². The van der Waals surface area contributed by atoms with Gasteiger partial charge in [-0.1, -0.05) is 15.9 Å². The number of halogens is 2. The summed E-state index contributed by atoms with van der Waals surface area (Å²) in [6.45, 7) is 0. The third kappa shape index (κ3) is 4.17. The molecular formula is C21H13BrIN3O4. The number of rotatable bonds is 5. The molecule has 0 atom stereocenters. The van der Waals surface area contributed by atoms with Gasteiger partial charge < -0.3 is 14.1 Å². The number of carbonyl (C=O) groups excluding carboxylic acids is 1. The molecule has 0 aliphatic heterocycles. The predicted octanol–water partition coefficient (Wildman–Crippen LogP) is 5.05. The lowest BCUT2D eigenvalue weighted by Gasteiger charge is -2.06. The molecule has 0 saturated carbocycles. The largest absolute Gasteiger partial charge is 0.478 e. The number of hydrazone groups is 1. The number of carboxylic acids is 1. The summed E-state index contributed by atoms with van der Waals surface area (Å²) in [5.41, 5.74) is 4.80. The fourth-order valence-electron chi connectivity index (χ4n) is 2.90. The lowest BCUT2D eigenvalue weighted by atomic mass is 10.2. The van der Waals surface area contributed by atoms with E-state index in [2.05, 4.69) is 49.0 Å². The molecule has 1 amide bonds. The zero-order chi connectivity index (χ0) is 21.3. The molecule has 0 bridgehead atoms. The molecule has 9 heteroatoms. The highest BCUT2D eigenvalue weighted by molar-refractivity contribution is 14.1. The average Bonchev–Trinajstić information content (AvgIpc) is 3.35. The van der Waals surface area contributed by atoms with Crippen molar-refractivity contribution in [1.82, 2.24) is 9.99 Å². The van der Waals surface area contributed by atoms with Crippen LogP contribution in [0, 0.1) is 3.57 Å². The Morgan fingerprint density at radius 2 is 1.93 bits per heavy atom. The van der Waals surface area contributed by atoms with Gasteiger partial charge in [0.1, 0.15) is 5.58 Å². The molecule has 7 nitrogen and oxygen atoms in total. The van der Waals surface area contributed by atoms with E-state index in [0.717, 1.165) is 19.1 Å². The monoisotopic (exact) mass is 577 g/mol. The van der Waals surface area contributed by atoms with Crippen LogP contribution < -0.4 is 5.43 Å². The van der Waals surface area contributed by atoms with Crippen LogP contribution in [-0.4, -0.2) is 27.8 Å². The van der Waals surface area contributed by atoms with Crippen molar-refractivity contribution in [2.45, 2.75) is 0 Å². The Kier molecular flexibility index (Phi) is 5.73. The van der Waals surface area contributed by atoms with Gasteiger partial charge >= 0.3 is 11.9 Å². The van der Waals surface area contributed by atoms with Gasteiger partial charge in [-0.3, -0.25) is 4.79 Å². The fraction of sp³-hybridized carbons (Fsp3) is 0. The highest BCUT2D eigenvalue weighted by Gasteiger charge is 2.14. The molecule has 4 aromatic rings. The third-order valence-electron chi connectivity index (χ3n) is 4.30. The molecule has 4 rings (SSSR count). The Labute approximate surface area is 192 Å². The van der Waals surface area contributed by atoms with Crippen molar-refractivity contribution in [3.8, 4) is 5.69 Å². The van der Waals surface area contributed by atoms with Crippen molar-refractivity contribution in [2.24, 2.45) is 5.10 Å². The number of benzene rings is 2. The molecular weight excluding hydrogens is 565 g/mol. The maximum atomic E-state index is 12.4. The van der Waals surface area contributed by atoms with Crippen molar-refractivity contribution >= 4 is 67.6 Å². The quantitative estimate of drug-likeness (QED) is 0.197. The average molecular weight is 578 g/mol. The lowest BCUT2D eigenvalue weighted by Crippen LogP contribution is -2.17. The van der Waals surface area contributed by atoms with Gasteiger partial charge in [-0.15, -0.1) is 0 Å². The van der Waals surface area contributed by atoms with Crippen LogP contribution in [0.1, 0.15) is 26.6 Å². The second-order valence-electron chi connectivity index (χ2n) is 6.27. The molecule has 0 radical (unpaired) electrons. The molecule has 2 N–H and O–H groups in total. The SMILES string of the molecule is O=C(O)c1ccc(-n2cccc2C=NNC(=O)c2cc3cc(Br)cc(I)c3o2)cc1. The molecule has 2 aromatic carbocycles. The van der Waals surface area contributed by atoms with Crippen molar-refractivity contribution < 1.29 is 19.1 Å². The first-order valence-electron chi connectivity index (χ1n) is 8.65. The van der Waals surface area contributed by atoms with E-state index in [9.17, 15) is 9.59 Å². The smallest absolute Gasteiger partial charge is 0.335 e. The van der Waals surface area contributed by atoms with Crippen LogP contribution in [0.5, 0.6) is 0 Å². The molecule has 0 aliphatic carbocycles. The van der Waals surface area contributed by atoms with Crippen molar-refractivity contribution in [2.75, 3.05) is 0 Å². The summed E-state index contributed by atoms with van der Waals surface area (Å²) < 4.78 is 9.28. The third-order valence-corrected chi connectivity index (χ3v) is 5.55. The van der Waals surface area contributed by atoms with Crippen molar-refractivity contribution in [3.63, 3.8) is 0 Å².